The van der Waals surface area contributed by atoms with Crippen LogP contribution in [0.5, 0.6) is 0 Å². The van der Waals surface area contributed by atoms with Crippen molar-refractivity contribution in [2.45, 2.75) is 63.5 Å². The van der Waals surface area contributed by atoms with E-state index in [1.165, 1.54) is 25.7 Å². The molecule has 0 spiro atoms. The summed E-state index contributed by atoms with van der Waals surface area (Å²) in [5, 5.41) is 13.1. The SMILES string of the molecule is O=C(NCc1ccc(N2CCCCCC2)nc1)C1(O)CCCC1. The van der Waals surface area contributed by atoms with Crippen molar-refractivity contribution in [3.8, 4) is 0 Å². The van der Waals surface area contributed by atoms with Gasteiger partial charge in [0, 0.05) is 25.8 Å². The van der Waals surface area contributed by atoms with Crippen molar-refractivity contribution in [2.75, 3.05) is 18.0 Å². The van der Waals surface area contributed by atoms with Gasteiger partial charge in [-0.25, -0.2) is 4.98 Å². The zero-order valence-corrected chi connectivity index (χ0v) is 13.8. The largest absolute Gasteiger partial charge is 0.380 e. The molecule has 0 unspecified atom stereocenters. The zero-order chi connectivity index (χ0) is 16.1. The van der Waals surface area contributed by atoms with Gasteiger partial charge in [-0.1, -0.05) is 18.9 Å². The highest BCUT2D eigenvalue weighted by molar-refractivity contribution is 5.85. The molecule has 2 N–H and O–H groups in total. The van der Waals surface area contributed by atoms with Crippen molar-refractivity contribution in [3.63, 3.8) is 0 Å². The van der Waals surface area contributed by atoms with Crippen molar-refractivity contribution in [1.29, 1.82) is 0 Å². The predicted molar refractivity (Wildman–Crippen MR) is 90.2 cm³/mol. The lowest BCUT2D eigenvalue weighted by atomic mass is 10.0. The van der Waals surface area contributed by atoms with E-state index in [-0.39, 0.29) is 5.91 Å². The molecule has 1 aromatic rings. The molecule has 1 amide bonds. The van der Waals surface area contributed by atoms with Gasteiger partial charge in [0.1, 0.15) is 11.4 Å². The molecule has 0 radical (unpaired) electrons. The molecule has 126 valence electrons. The van der Waals surface area contributed by atoms with Crippen LogP contribution in [0, 0.1) is 0 Å². The number of aliphatic hydroxyl groups is 1. The van der Waals surface area contributed by atoms with Gasteiger partial charge in [-0.15, -0.1) is 0 Å². The van der Waals surface area contributed by atoms with E-state index in [4.69, 9.17) is 0 Å². The van der Waals surface area contributed by atoms with E-state index < -0.39 is 5.60 Å². The predicted octanol–water partition coefficient (Wildman–Crippen LogP) is 2.38. The van der Waals surface area contributed by atoms with Gasteiger partial charge in [-0.2, -0.15) is 0 Å². The number of carbonyl (C=O) groups excluding carboxylic acids is 1. The molecule has 1 aromatic heterocycles. The molecule has 2 aliphatic rings. The number of rotatable bonds is 4. The number of amides is 1. The first kappa shape index (κ1) is 16.2. The number of pyridine rings is 1. The van der Waals surface area contributed by atoms with Gasteiger partial charge in [0.2, 0.25) is 0 Å². The van der Waals surface area contributed by atoms with Crippen molar-refractivity contribution < 1.29 is 9.90 Å². The Bertz CT molecular complexity index is 516. The highest BCUT2D eigenvalue weighted by atomic mass is 16.3. The Hall–Kier alpha value is -1.62. The van der Waals surface area contributed by atoms with Gasteiger partial charge in [0.25, 0.3) is 5.91 Å². The summed E-state index contributed by atoms with van der Waals surface area (Å²) in [7, 11) is 0. The fourth-order valence-corrected chi connectivity index (χ4v) is 3.54. The lowest BCUT2D eigenvalue weighted by Gasteiger charge is -2.22. The number of hydrogen-bond donors (Lipinski definition) is 2. The molecule has 2 heterocycles. The Morgan fingerprint density at radius 1 is 1.13 bits per heavy atom. The van der Waals surface area contributed by atoms with Crippen LogP contribution in [0.1, 0.15) is 56.9 Å². The second-order valence-corrected chi connectivity index (χ2v) is 6.85. The first-order chi connectivity index (χ1) is 11.2. The lowest BCUT2D eigenvalue weighted by molar-refractivity contribution is -0.139. The minimum Gasteiger partial charge on any atom is -0.380 e. The average Bonchev–Trinajstić information content (AvgIpc) is 2.86. The van der Waals surface area contributed by atoms with Crippen LogP contribution in [-0.2, 0) is 11.3 Å². The molecular formula is C18H27N3O2. The molecule has 0 aromatic carbocycles. The Morgan fingerprint density at radius 3 is 2.43 bits per heavy atom. The van der Waals surface area contributed by atoms with Crippen molar-refractivity contribution in [2.24, 2.45) is 0 Å². The van der Waals surface area contributed by atoms with Crippen molar-refractivity contribution in [1.82, 2.24) is 10.3 Å². The summed E-state index contributed by atoms with van der Waals surface area (Å²) in [5.41, 5.74) is -0.183. The summed E-state index contributed by atoms with van der Waals surface area (Å²) in [6.07, 6.45) is 9.92. The lowest BCUT2D eigenvalue weighted by Crippen LogP contribution is -2.44. The normalized spacial score (nSPS) is 21.0. The van der Waals surface area contributed by atoms with Gasteiger partial charge in [-0.3, -0.25) is 4.79 Å². The summed E-state index contributed by atoms with van der Waals surface area (Å²) in [6.45, 7) is 2.58. The second kappa shape index (κ2) is 7.30. The summed E-state index contributed by atoms with van der Waals surface area (Å²) >= 11 is 0. The third-order valence-electron chi connectivity index (χ3n) is 5.05. The molecular weight excluding hydrogens is 290 g/mol. The van der Waals surface area contributed by atoms with E-state index in [0.29, 0.717) is 19.4 Å². The first-order valence-corrected chi connectivity index (χ1v) is 8.88. The van der Waals surface area contributed by atoms with E-state index in [2.05, 4.69) is 15.2 Å². The summed E-state index contributed by atoms with van der Waals surface area (Å²) < 4.78 is 0. The van der Waals surface area contributed by atoms with Gasteiger partial charge in [0.15, 0.2) is 0 Å². The number of carbonyl (C=O) groups is 1. The van der Waals surface area contributed by atoms with Crippen LogP contribution in [0.2, 0.25) is 0 Å². The minimum atomic E-state index is -1.15. The molecule has 1 saturated carbocycles. The molecule has 5 nitrogen and oxygen atoms in total. The summed E-state index contributed by atoms with van der Waals surface area (Å²) in [5.74, 6) is 0.781. The molecule has 1 aliphatic carbocycles. The molecule has 1 saturated heterocycles. The number of nitrogens with one attached hydrogen (secondary N) is 1. The van der Waals surface area contributed by atoms with Crippen LogP contribution in [0.3, 0.4) is 0 Å². The van der Waals surface area contributed by atoms with Gasteiger partial charge < -0.3 is 15.3 Å². The molecule has 5 heteroatoms. The third kappa shape index (κ3) is 4.02. The van der Waals surface area contributed by atoms with Crippen LogP contribution in [-0.4, -0.2) is 34.7 Å². The first-order valence-electron chi connectivity index (χ1n) is 8.88. The average molecular weight is 317 g/mol. The number of hydrogen-bond acceptors (Lipinski definition) is 4. The quantitative estimate of drug-likeness (QED) is 0.895. The Kier molecular flexibility index (Phi) is 5.16. The standard InChI is InChI=1S/C18H27N3O2/c22-17(18(23)9-3-4-10-18)20-14-15-7-8-16(19-13-15)21-11-5-1-2-6-12-21/h7-8,13,23H,1-6,9-12,14H2,(H,20,22). The van der Waals surface area contributed by atoms with Crippen LogP contribution in [0.25, 0.3) is 0 Å². The molecule has 0 bridgehead atoms. The van der Waals surface area contributed by atoms with Crippen LogP contribution in [0.15, 0.2) is 18.3 Å². The van der Waals surface area contributed by atoms with E-state index in [9.17, 15) is 9.90 Å². The van der Waals surface area contributed by atoms with E-state index in [0.717, 1.165) is 37.3 Å². The van der Waals surface area contributed by atoms with Gasteiger partial charge in [0.05, 0.1) is 0 Å². The monoisotopic (exact) mass is 317 g/mol. The van der Waals surface area contributed by atoms with Crippen LogP contribution in [0.4, 0.5) is 5.82 Å². The fraction of sp³-hybridized carbons (Fsp3) is 0.667. The Balaban J connectivity index is 1.54. The number of aromatic nitrogens is 1. The maximum Gasteiger partial charge on any atom is 0.252 e. The highest BCUT2D eigenvalue weighted by Crippen LogP contribution is 2.29. The maximum absolute atomic E-state index is 12.1. The number of anilines is 1. The molecule has 3 rings (SSSR count). The van der Waals surface area contributed by atoms with Crippen LogP contribution < -0.4 is 10.2 Å². The van der Waals surface area contributed by atoms with Crippen molar-refractivity contribution >= 4 is 11.7 Å². The molecule has 23 heavy (non-hydrogen) atoms. The topological polar surface area (TPSA) is 65.5 Å². The van der Waals surface area contributed by atoms with Crippen molar-refractivity contribution in [3.05, 3.63) is 23.9 Å². The van der Waals surface area contributed by atoms with Gasteiger partial charge in [-0.05, 0) is 50.2 Å². The number of nitrogens with zero attached hydrogens (tertiary/aromatic N) is 2. The minimum absolute atomic E-state index is 0.244. The zero-order valence-electron chi connectivity index (χ0n) is 13.8. The fourth-order valence-electron chi connectivity index (χ4n) is 3.54. The van der Waals surface area contributed by atoms with Gasteiger partial charge >= 0.3 is 0 Å². The Morgan fingerprint density at radius 2 is 1.83 bits per heavy atom. The maximum atomic E-state index is 12.1. The molecule has 2 fully saturated rings. The Labute approximate surface area is 138 Å². The smallest absolute Gasteiger partial charge is 0.252 e. The van der Waals surface area contributed by atoms with Crippen LogP contribution >= 0.6 is 0 Å². The summed E-state index contributed by atoms with van der Waals surface area (Å²) in [6, 6.07) is 4.06. The van der Waals surface area contributed by atoms with E-state index in [1.807, 2.05) is 18.3 Å². The van der Waals surface area contributed by atoms with E-state index >= 15 is 0 Å². The highest BCUT2D eigenvalue weighted by Gasteiger charge is 2.38. The van der Waals surface area contributed by atoms with E-state index in [1.54, 1.807) is 0 Å². The third-order valence-corrected chi connectivity index (χ3v) is 5.05. The molecule has 0 atom stereocenters. The summed E-state index contributed by atoms with van der Waals surface area (Å²) in [4.78, 5) is 19.0. The second-order valence-electron chi connectivity index (χ2n) is 6.85. The molecule has 1 aliphatic heterocycles.